The molecule has 9 nitrogen and oxygen atoms in total. The third kappa shape index (κ3) is 5.02. The summed E-state index contributed by atoms with van der Waals surface area (Å²) in [5.74, 6) is 1.22. The molecule has 1 fully saturated rings. The number of sulfonamides is 1. The molecule has 0 spiro atoms. The molecule has 1 aromatic heterocycles. The number of pyridine rings is 1. The van der Waals surface area contributed by atoms with Gasteiger partial charge in [-0.1, -0.05) is 26.0 Å². The van der Waals surface area contributed by atoms with E-state index < -0.39 is 27.5 Å². The highest BCUT2D eigenvalue weighted by molar-refractivity contribution is 7.89. The van der Waals surface area contributed by atoms with Crippen LogP contribution in [-0.2, 0) is 16.6 Å². The number of piperidine rings is 1. The van der Waals surface area contributed by atoms with Gasteiger partial charge in [0.25, 0.3) is 5.91 Å². The number of aryl methyl sites for hydroxylation is 1. The largest absolute Gasteiger partial charge is 0.486 e. The maximum atomic E-state index is 13.5. The summed E-state index contributed by atoms with van der Waals surface area (Å²) in [5.41, 5.74) is 0.0195. The molecule has 1 saturated heterocycles. The average molecular weight is 540 g/mol. The van der Waals surface area contributed by atoms with Crippen molar-refractivity contribution in [2.24, 2.45) is 11.8 Å². The van der Waals surface area contributed by atoms with Crippen LogP contribution in [0.15, 0.2) is 58.4 Å². The van der Waals surface area contributed by atoms with Crippen LogP contribution >= 0.6 is 0 Å². The number of hydrogen-bond acceptors (Lipinski definition) is 6. The van der Waals surface area contributed by atoms with E-state index in [1.54, 1.807) is 22.8 Å². The first kappa shape index (κ1) is 26.2. The molecular formula is C28H33N3O6S. The first-order chi connectivity index (χ1) is 18.2. The molecule has 3 atom stereocenters. The highest BCUT2D eigenvalue weighted by atomic mass is 32.2. The van der Waals surface area contributed by atoms with E-state index in [4.69, 9.17) is 9.47 Å². The monoisotopic (exact) mass is 539 g/mol. The lowest BCUT2D eigenvalue weighted by atomic mass is 9.94. The number of carbonyl (C=O) groups is 1. The van der Waals surface area contributed by atoms with E-state index in [0.29, 0.717) is 36.6 Å². The number of hydrogen-bond donors (Lipinski definition) is 1. The van der Waals surface area contributed by atoms with E-state index in [9.17, 15) is 18.0 Å². The fourth-order valence-corrected chi connectivity index (χ4v) is 7.08. The molecule has 0 aliphatic carbocycles. The molecule has 38 heavy (non-hydrogen) atoms. The summed E-state index contributed by atoms with van der Waals surface area (Å²) in [6.45, 7) is 7.81. The van der Waals surface area contributed by atoms with E-state index in [2.05, 4.69) is 5.32 Å². The van der Waals surface area contributed by atoms with Crippen LogP contribution in [0.2, 0.25) is 0 Å². The van der Waals surface area contributed by atoms with Crippen molar-refractivity contribution in [3.05, 3.63) is 64.4 Å². The summed E-state index contributed by atoms with van der Waals surface area (Å²) >= 11 is 0. The molecule has 2 aliphatic rings. The molecule has 3 aromatic rings. The fraction of sp³-hybridized carbons (Fsp3) is 0.429. The Bertz CT molecular complexity index is 1520. The number of rotatable bonds is 6. The van der Waals surface area contributed by atoms with E-state index in [-0.39, 0.29) is 40.8 Å². The number of carbonyl (C=O) groups excluding carboxylic acids is 1. The summed E-state index contributed by atoms with van der Waals surface area (Å²) in [6, 6.07) is 11.9. The van der Waals surface area contributed by atoms with E-state index in [1.165, 1.54) is 16.6 Å². The third-order valence-corrected chi connectivity index (χ3v) is 9.00. The molecule has 0 saturated carbocycles. The van der Waals surface area contributed by atoms with Gasteiger partial charge in [-0.25, -0.2) is 8.42 Å². The molecule has 0 radical (unpaired) electrons. The van der Waals surface area contributed by atoms with E-state index >= 15 is 0 Å². The smallest absolute Gasteiger partial charge is 0.256 e. The topological polar surface area (TPSA) is 107 Å². The molecule has 1 amide bonds. The van der Waals surface area contributed by atoms with Crippen LogP contribution in [0.1, 0.15) is 37.6 Å². The predicted molar refractivity (Wildman–Crippen MR) is 144 cm³/mol. The van der Waals surface area contributed by atoms with Gasteiger partial charge >= 0.3 is 0 Å². The third-order valence-electron chi connectivity index (χ3n) is 7.17. The number of nitrogens with zero attached hydrogens (tertiary/aromatic N) is 2. The average Bonchev–Trinajstić information content (AvgIpc) is 2.91. The van der Waals surface area contributed by atoms with Gasteiger partial charge in [0, 0.05) is 31.2 Å². The normalized spacial score (nSPS) is 21.8. The van der Waals surface area contributed by atoms with Crippen LogP contribution in [0.25, 0.3) is 10.9 Å². The lowest BCUT2D eigenvalue weighted by molar-refractivity contribution is 0.0788. The molecule has 10 heteroatoms. The van der Waals surface area contributed by atoms with E-state index in [1.807, 2.05) is 39.0 Å². The maximum Gasteiger partial charge on any atom is 0.256 e. The standard InChI is InChI=1S/C28H33N3O6S/c1-4-30-16-23(28(33)29-13-20-17-36-25-7-5-6-8-26(25)37-20)27(32)22-12-21(9-10-24(22)30)38(34,35)31-14-18(2)11-19(3)15-31/h5-10,12,16,18-20H,4,11,13-15,17H2,1-3H3,(H,29,33). The molecule has 1 N–H and O–H groups in total. The first-order valence-corrected chi connectivity index (χ1v) is 14.5. The van der Waals surface area contributed by atoms with Crippen LogP contribution in [0, 0.1) is 11.8 Å². The minimum Gasteiger partial charge on any atom is -0.486 e. The van der Waals surface area contributed by atoms with Crippen LogP contribution < -0.4 is 20.2 Å². The Hall–Kier alpha value is -3.37. The van der Waals surface area contributed by atoms with Gasteiger partial charge in [-0.3, -0.25) is 9.59 Å². The predicted octanol–water partition coefficient (Wildman–Crippen LogP) is 3.26. The Labute approximate surface area is 222 Å². The summed E-state index contributed by atoms with van der Waals surface area (Å²) in [4.78, 5) is 26.7. The zero-order chi connectivity index (χ0) is 27.0. The van der Waals surface area contributed by atoms with Crippen molar-refractivity contribution < 1.29 is 22.7 Å². The number of fused-ring (bicyclic) bond motifs is 2. The fourth-order valence-electron chi connectivity index (χ4n) is 5.38. The van der Waals surface area contributed by atoms with Gasteiger partial charge in [0.15, 0.2) is 11.5 Å². The van der Waals surface area contributed by atoms with Crippen molar-refractivity contribution in [2.75, 3.05) is 26.2 Å². The lowest BCUT2D eigenvalue weighted by Gasteiger charge is -2.34. The maximum absolute atomic E-state index is 13.5. The Morgan fingerprint density at radius 3 is 2.50 bits per heavy atom. The van der Waals surface area contributed by atoms with Gasteiger partial charge in [-0.05, 0) is 55.5 Å². The highest BCUT2D eigenvalue weighted by Crippen LogP contribution is 2.31. The second-order valence-corrected chi connectivity index (χ2v) is 12.3. The number of para-hydroxylation sites is 2. The zero-order valence-electron chi connectivity index (χ0n) is 21.8. The van der Waals surface area contributed by atoms with Crippen LogP contribution in [0.5, 0.6) is 11.5 Å². The van der Waals surface area contributed by atoms with Crippen molar-refractivity contribution in [3.63, 3.8) is 0 Å². The van der Waals surface area contributed by atoms with Crippen LogP contribution in [0.4, 0.5) is 0 Å². The SMILES string of the molecule is CCn1cc(C(=O)NCC2COc3ccccc3O2)c(=O)c2cc(S(=O)(=O)N3CC(C)CC(C)C3)ccc21. The van der Waals surface area contributed by atoms with Crippen LogP contribution in [-0.4, -0.2) is 55.5 Å². The van der Waals surface area contributed by atoms with Gasteiger partial charge in [0.2, 0.25) is 15.5 Å². The number of benzene rings is 2. The van der Waals surface area contributed by atoms with Crippen LogP contribution in [0.3, 0.4) is 0 Å². The molecule has 3 unspecified atom stereocenters. The minimum atomic E-state index is -3.78. The highest BCUT2D eigenvalue weighted by Gasteiger charge is 2.32. The minimum absolute atomic E-state index is 0.0498. The second kappa shape index (κ2) is 10.4. The Morgan fingerprint density at radius 1 is 1.08 bits per heavy atom. The van der Waals surface area contributed by atoms with Crippen molar-refractivity contribution in [3.8, 4) is 11.5 Å². The Morgan fingerprint density at radius 2 is 1.79 bits per heavy atom. The number of nitrogens with one attached hydrogen (secondary N) is 1. The summed E-state index contributed by atoms with van der Waals surface area (Å²) in [5, 5.41) is 2.98. The van der Waals surface area contributed by atoms with Crippen molar-refractivity contribution >= 4 is 26.8 Å². The molecule has 2 aromatic carbocycles. The van der Waals surface area contributed by atoms with Gasteiger partial charge < -0.3 is 19.4 Å². The number of ether oxygens (including phenoxy) is 2. The van der Waals surface area contributed by atoms with E-state index in [0.717, 1.165) is 6.42 Å². The second-order valence-electron chi connectivity index (χ2n) is 10.3. The molecule has 0 bridgehead atoms. The first-order valence-electron chi connectivity index (χ1n) is 13.0. The van der Waals surface area contributed by atoms with Crippen molar-refractivity contribution in [1.29, 1.82) is 0 Å². The zero-order valence-corrected chi connectivity index (χ0v) is 22.7. The molecule has 5 rings (SSSR count). The molecule has 2 aliphatic heterocycles. The van der Waals surface area contributed by atoms with Crippen molar-refractivity contribution in [2.45, 2.75) is 44.7 Å². The summed E-state index contributed by atoms with van der Waals surface area (Å²) in [7, 11) is -3.78. The van der Waals surface area contributed by atoms with Crippen molar-refractivity contribution in [1.82, 2.24) is 14.2 Å². The summed E-state index contributed by atoms with van der Waals surface area (Å²) < 4.78 is 41.8. The quantitative estimate of drug-likeness (QED) is 0.515. The van der Waals surface area contributed by atoms with Gasteiger partial charge in [0.1, 0.15) is 18.3 Å². The molecular weight excluding hydrogens is 506 g/mol. The summed E-state index contributed by atoms with van der Waals surface area (Å²) in [6.07, 6.45) is 2.10. The number of aromatic nitrogens is 1. The van der Waals surface area contributed by atoms with Gasteiger partial charge in [-0.15, -0.1) is 0 Å². The number of amides is 1. The van der Waals surface area contributed by atoms with Gasteiger partial charge in [-0.2, -0.15) is 4.31 Å². The lowest BCUT2D eigenvalue weighted by Crippen LogP contribution is -2.42. The Balaban J connectivity index is 1.42. The molecule has 3 heterocycles. The molecule has 202 valence electrons. The van der Waals surface area contributed by atoms with Gasteiger partial charge in [0.05, 0.1) is 17.0 Å². The Kier molecular flexibility index (Phi) is 7.19.